The zero-order chi connectivity index (χ0) is 17.4. The highest BCUT2D eigenvalue weighted by molar-refractivity contribution is 6.28. The SMILES string of the molecule is CC1(C)CC(=O)C2=C(C1)Nc1ccccc1N=C2Nc1ccccc1. The molecule has 0 radical (unpaired) electrons. The second-order valence-corrected chi connectivity index (χ2v) is 7.39. The molecule has 0 spiro atoms. The minimum atomic E-state index is -0.0555. The van der Waals surface area contributed by atoms with Crippen LogP contribution in [0.1, 0.15) is 26.7 Å². The number of nitrogens with zero attached hydrogens (tertiary/aromatic N) is 1. The Kier molecular flexibility index (Phi) is 3.68. The smallest absolute Gasteiger partial charge is 0.168 e. The number of ketones is 1. The van der Waals surface area contributed by atoms with Gasteiger partial charge in [-0.2, -0.15) is 0 Å². The quantitative estimate of drug-likeness (QED) is 0.781. The summed E-state index contributed by atoms with van der Waals surface area (Å²) < 4.78 is 0. The lowest BCUT2D eigenvalue weighted by atomic mass is 9.75. The van der Waals surface area contributed by atoms with Crippen LogP contribution in [0, 0.1) is 5.41 Å². The van der Waals surface area contributed by atoms with E-state index in [4.69, 9.17) is 4.99 Å². The minimum Gasteiger partial charge on any atom is -0.356 e. The summed E-state index contributed by atoms with van der Waals surface area (Å²) in [6.07, 6.45) is 1.34. The van der Waals surface area contributed by atoms with Crippen molar-refractivity contribution in [1.29, 1.82) is 0 Å². The number of allylic oxidation sites excluding steroid dienone is 1. The number of nitrogens with one attached hydrogen (secondary N) is 2. The fraction of sp³-hybridized carbons (Fsp3) is 0.238. The van der Waals surface area contributed by atoms with Crippen LogP contribution in [-0.2, 0) is 4.79 Å². The van der Waals surface area contributed by atoms with Crippen LogP contribution in [0.15, 0.2) is 70.9 Å². The van der Waals surface area contributed by atoms with E-state index >= 15 is 0 Å². The van der Waals surface area contributed by atoms with Gasteiger partial charge in [0.15, 0.2) is 5.78 Å². The standard InChI is InChI=1S/C21H21N3O/c1-21(2)12-17-19(18(25)13-21)20(22-14-8-4-3-5-9-14)24-16-11-7-6-10-15(16)23-17/h3-11,23H,12-13H2,1-2H3,(H,22,24). The molecule has 0 unspecified atom stereocenters. The van der Waals surface area contributed by atoms with Gasteiger partial charge >= 0.3 is 0 Å². The molecule has 4 nitrogen and oxygen atoms in total. The molecule has 2 aromatic carbocycles. The molecule has 1 heterocycles. The Balaban J connectivity index is 1.85. The first-order valence-corrected chi connectivity index (χ1v) is 8.55. The van der Waals surface area contributed by atoms with Crippen molar-refractivity contribution in [3.05, 3.63) is 65.9 Å². The summed E-state index contributed by atoms with van der Waals surface area (Å²) in [7, 11) is 0. The van der Waals surface area contributed by atoms with Crippen LogP contribution in [0.4, 0.5) is 17.1 Å². The van der Waals surface area contributed by atoms with Gasteiger partial charge in [-0.1, -0.05) is 44.2 Å². The van der Waals surface area contributed by atoms with E-state index in [0.717, 1.165) is 29.2 Å². The molecular weight excluding hydrogens is 310 g/mol. The molecule has 25 heavy (non-hydrogen) atoms. The highest BCUT2D eigenvalue weighted by atomic mass is 16.1. The average Bonchev–Trinajstić information content (AvgIpc) is 2.70. The van der Waals surface area contributed by atoms with Gasteiger partial charge in [-0.25, -0.2) is 4.99 Å². The Morgan fingerprint density at radius 3 is 2.52 bits per heavy atom. The second kappa shape index (κ2) is 5.88. The van der Waals surface area contributed by atoms with Gasteiger partial charge in [0.1, 0.15) is 5.84 Å². The Bertz CT molecular complexity index is 894. The minimum absolute atomic E-state index is 0.0555. The molecule has 0 bridgehead atoms. The van der Waals surface area contributed by atoms with E-state index in [-0.39, 0.29) is 11.2 Å². The molecule has 0 saturated heterocycles. The van der Waals surface area contributed by atoms with Gasteiger partial charge in [0, 0.05) is 17.8 Å². The number of hydrogen-bond donors (Lipinski definition) is 2. The number of carbonyl (C=O) groups excluding carboxylic acids is 1. The highest BCUT2D eigenvalue weighted by Crippen LogP contribution is 2.41. The lowest BCUT2D eigenvalue weighted by Crippen LogP contribution is -2.33. The van der Waals surface area contributed by atoms with E-state index in [2.05, 4.69) is 24.5 Å². The molecule has 4 heteroatoms. The summed E-state index contributed by atoms with van der Waals surface area (Å²) in [4.78, 5) is 17.7. The number of aliphatic imine (C=N–C) groups is 1. The number of para-hydroxylation sites is 3. The monoisotopic (exact) mass is 331 g/mol. The molecule has 0 amide bonds. The third-order valence-electron chi connectivity index (χ3n) is 4.57. The largest absolute Gasteiger partial charge is 0.356 e. The molecule has 1 aliphatic heterocycles. The summed E-state index contributed by atoms with van der Waals surface area (Å²) in [6.45, 7) is 4.27. The first-order valence-electron chi connectivity index (χ1n) is 8.55. The molecule has 2 N–H and O–H groups in total. The number of Topliss-reactive ketones (excluding diaryl/α,β-unsaturated/α-hetero) is 1. The van der Waals surface area contributed by atoms with Gasteiger partial charge in [-0.3, -0.25) is 4.79 Å². The summed E-state index contributed by atoms with van der Waals surface area (Å²) >= 11 is 0. The Morgan fingerprint density at radius 1 is 1.00 bits per heavy atom. The molecule has 126 valence electrons. The van der Waals surface area contributed by atoms with Crippen LogP contribution in [0.3, 0.4) is 0 Å². The van der Waals surface area contributed by atoms with Gasteiger partial charge < -0.3 is 10.6 Å². The Morgan fingerprint density at radius 2 is 1.72 bits per heavy atom. The van der Waals surface area contributed by atoms with Gasteiger partial charge in [-0.05, 0) is 36.1 Å². The third kappa shape index (κ3) is 3.07. The lowest BCUT2D eigenvalue weighted by molar-refractivity contribution is -0.117. The molecular formula is C21H21N3O. The number of benzene rings is 2. The molecule has 0 atom stereocenters. The van der Waals surface area contributed by atoms with Crippen LogP contribution < -0.4 is 10.6 Å². The number of amidine groups is 1. The third-order valence-corrected chi connectivity index (χ3v) is 4.57. The van der Waals surface area contributed by atoms with Gasteiger partial charge in [0.05, 0.1) is 16.9 Å². The summed E-state index contributed by atoms with van der Waals surface area (Å²) in [6, 6.07) is 17.8. The zero-order valence-corrected chi connectivity index (χ0v) is 14.5. The molecule has 0 aromatic heterocycles. The first-order chi connectivity index (χ1) is 12.0. The van der Waals surface area contributed by atoms with Crippen molar-refractivity contribution in [1.82, 2.24) is 0 Å². The van der Waals surface area contributed by atoms with Crippen LogP contribution >= 0.6 is 0 Å². The van der Waals surface area contributed by atoms with Crippen LogP contribution in [0.25, 0.3) is 0 Å². The van der Waals surface area contributed by atoms with Gasteiger partial charge in [0.25, 0.3) is 0 Å². The maximum atomic E-state index is 12.9. The predicted octanol–water partition coefficient (Wildman–Crippen LogP) is 4.90. The van der Waals surface area contributed by atoms with Gasteiger partial charge in [0.2, 0.25) is 0 Å². The number of rotatable bonds is 1. The van der Waals surface area contributed by atoms with Crippen molar-refractivity contribution in [2.45, 2.75) is 26.7 Å². The molecule has 0 fully saturated rings. The number of anilines is 2. The van der Waals surface area contributed by atoms with Crippen LogP contribution in [0.2, 0.25) is 0 Å². The van der Waals surface area contributed by atoms with Crippen molar-refractivity contribution in [2.75, 3.05) is 10.6 Å². The number of carbonyl (C=O) groups is 1. The van der Waals surface area contributed by atoms with E-state index in [9.17, 15) is 4.79 Å². The van der Waals surface area contributed by atoms with Crippen molar-refractivity contribution < 1.29 is 4.79 Å². The average molecular weight is 331 g/mol. The summed E-state index contributed by atoms with van der Waals surface area (Å²) in [5.41, 5.74) is 4.27. The van der Waals surface area contributed by atoms with Gasteiger partial charge in [-0.15, -0.1) is 0 Å². The summed E-state index contributed by atoms with van der Waals surface area (Å²) in [5.74, 6) is 0.757. The van der Waals surface area contributed by atoms with Crippen molar-refractivity contribution in [2.24, 2.45) is 10.4 Å². The fourth-order valence-corrected chi connectivity index (χ4v) is 3.47. The number of hydrogen-bond acceptors (Lipinski definition) is 4. The number of fused-ring (bicyclic) bond motifs is 1. The predicted molar refractivity (Wildman–Crippen MR) is 102 cm³/mol. The van der Waals surface area contributed by atoms with Crippen LogP contribution in [0.5, 0.6) is 0 Å². The molecule has 2 aromatic rings. The molecule has 4 rings (SSSR count). The maximum absolute atomic E-state index is 12.9. The van der Waals surface area contributed by atoms with Crippen molar-refractivity contribution in [3.63, 3.8) is 0 Å². The van der Waals surface area contributed by atoms with Crippen LogP contribution in [-0.4, -0.2) is 11.6 Å². The molecule has 1 aliphatic carbocycles. The second-order valence-electron chi connectivity index (χ2n) is 7.39. The fourth-order valence-electron chi connectivity index (χ4n) is 3.47. The molecule has 0 saturated carbocycles. The Hall–Kier alpha value is -2.88. The first kappa shape index (κ1) is 15.6. The van der Waals surface area contributed by atoms with E-state index in [1.165, 1.54) is 0 Å². The van der Waals surface area contributed by atoms with Crippen molar-refractivity contribution >= 4 is 28.7 Å². The van der Waals surface area contributed by atoms with E-state index in [1.54, 1.807) is 0 Å². The zero-order valence-electron chi connectivity index (χ0n) is 14.5. The van der Waals surface area contributed by atoms with E-state index < -0.39 is 0 Å². The Labute approximate surface area is 147 Å². The lowest BCUT2D eigenvalue weighted by Gasteiger charge is -2.32. The molecule has 2 aliphatic rings. The van der Waals surface area contributed by atoms with Crippen molar-refractivity contribution in [3.8, 4) is 0 Å². The van der Waals surface area contributed by atoms with E-state index in [0.29, 0.717) is 17.8 Å². The highest BCUT2D eigenvalue weighted by Gasteiger charge is 2.36. The maximum Gasteiger partial charge on any atom is 0.168 e. The normalized spacial score (nSPS) is 18.5. The topological polar surface area (TPSA) is 53.5 Å². The summed E-state index contributed by atoms with van der Waals surface area (Å²) in [5, 5.41) is 6.82. The van der Waals surface area contributed by atoms with E-state index in [1.807, 2.05) is 54.6 Å².